The number of carbonyl (C=O) groups is 1. The lowest BCUT2D eigenvalue weighted by Crippen LogP contribution is -2.13. The van der Waals surface area contributed by atoms with Crippen molar-refractivity contribution in [2.45, 2.75) is 10.8 Å². The number of nitrogens with two attached hydrogens (primary N) is 1. The van der Waals surface area contributed by atoms with E-state index in [0.717, 1.165) is 11.3 Å². The Morgan fingerprint density at radius 3 is 2.72 bits per heavy atom. The van der Waals surface area contributed by atoms with E-state index in [1.165, 1.54) is 36.1 Å². The summed E-state index contributed by atoms with van der Waals surface area (Å²) < 4.78 is 49.8. The molecule has 0 aliphatic rings. The fourth-order valence-corrected chi connectivity index (χ4v) is 5.71. The van der Waals surface area contributed by atoms with E-state index in [-0.39, 0.29) is 38.8 Å². The van der Waals surface area contributed by atoms with Gasteiger partial charge >= 0.3 is 0 Å². The summed E-state index contributed by atoms with van der Waals surface area (Å²) in [5.74, 6) is -1.09. The molecule has 0 radical (unpaired) electrons. The minimum absolute atomic E-state index is 0.0188. The van der Waals surface area contributed by atoms with Crippen molar-refractivity contribution in [2.24, 2.45) is 5.73 Å². The molecule has 32 heavy (non-hydrogen) atoms. The van der Waals surface area contributed by atoms with Crippen LogP contribution in [-0.2, 0) is 16.6 Å². The van der Waals surface area contributed by atoms with E-state index in [2.05, 4.69) is 9.82 Å². The van der Waals surface area contributed by atoms with Gasteiger partial charge in [-0.3, -0.25) is 14.2 Å². The molecule has 0 unspecified atom stereocenters. The number of sulfonamides is 1. The molecule has 0 aliphatic carbocycles. The molecule has 4 rings (SSSR count). The van der Waals surface area contributed by atoms with Crippen molar-refractivity contribution in [3.8, 4) is 5.75 Å². The SMILES string of the molecule is COc1ccc(F)c2c1c(NS(=O)(=O)c1ccc(Cl)s1)nn2Cc1cccc(C(N)=O)c1. The van der Waals surface area contributed by atoms with Crippen LogP contribution >= 0.6 is 22.9 Å². The van der Waals surface area contributed by atoms with Crippen LogP contribution in [0.1, 0.15) is 15.9 Å². The van der Waals surface area contributed by atoms with Gasteiger partial charge in [0.15, 0.2) is 5.82 Å². The first-order valence-corrected chi connectivity index (χ1v) is 11.8. The average Bonchev–Trinajstić information content (AvgIpc) is 3.33. The van der Waals surface area contributed by atoms with Crippen molar-refractivity contribution in [3.63, 3.8) is 0 Å². The second-order valence-corrected chi connectivity index (χ2v) is 10.3. The van der Waals surface area contributed by atoms with Gasteiger partial charge in [-0.25, -0.2) is 12.8 Å². The predicted molar refractivity (Wildman–Crippen MR) is 120 cm³/mol. The number of hydrogen-bond acceptors (Lipinski definition) is 6. The quantitative estimate of drug-likeness (QED) is 0.405. The molecule has 0 atom stereocenters. The van der Waals surface area contributed by atoms with E-state index in [0.29, 0.717) is 9.90 Å². The molecule has 2 aromatic heterocycles. The van der Waals surface area contributed by atoms with Gasteiger partial charge in [0, 0.05) is 5.56 Å². The summed E-state index contributed by atoms with van der Waals surface area (Å²) in [6.45, 7) is 0.0499. The second-order valence-electron chi connectivity index (χ2n) is 6.71. The Morgan fingerprint density at radius 1 is 1.28 bits per heavy atom. The molecule has 0 aliphatic heterocycles. The number of fused-ring (bicyclic) bond motifs is 1. The van der Waals surface area contributed by atoms with E-state index in [1.54, 1.807) is 24.3 Å². The number of ether oxygens (including phenoxy) is 1. The van der Waals surface area contributed by atoms with Gasteiger partial charge in [-0.2, -0.15) is 5.10 Å². The summed E-state index contributed by atoms with van der Waals surface area (Å²) in [4.78, 5) is 11.5. The summed E-state index contributed by atoms with van der Waals surface area (Å²) >= 11 is 6.74. The molecule has 12 heteroatoms. The van der Waals surface area contributed by atoms with Gasteiger partial charge in [-0.15, -0.1) is 11.3 Å². The average molecular weight is 495 g/mol. The van der Waals surface area contributed by atoms with Gasteiger partial charge in [0.1, 0.15) is 21.3 Å². The number of hydrogen-bond donors (Lipinski definition) is 2. The van der Waals surface area contributed by atoms with Crippen LogP contribution in [0.2, 0.25) is 4.34 Å². The number of halogens is 2. The van der Waals surface area contributed by atoms with E-state index >= 15 is 0 Å². The maximum absolute atomic E-state index is 14.9. The number of amides is 1. The number of aromatic nitrogens is 2. The topological polar surface area (TPSA) is 116 Å². The van der Waals surface area contributed by atoms with Gasteiger partial charge in [0.05, 0.1) is 23.4 Å². The first kappa shape index (κ1) is 22.1. The predicted octanol–water partition coefficient (Wildman–Crippen LogP) is 3.85. The van der Waals surface area contributed by atoms with Gasteiger partial charge in [-0.1, -0.05) is 23.7 Å². The molecule has 166 valence electrons. The smallest absolute Gasteiger partial charge is 0.272 e. The number of anilines is 1. The number of thiophene rings is 1. The Kier molecular flexibility index (Phi) is 5.80. The highest BCUT2D eigenvalue weighted by molar-refractivity contribution is 7.94. The standard InChI is InChI=1S/C20H16ClFN4O4S2/c1-30-14-6-5-13(22)18-17(14)20(25-32(28,29)16-8-7-15(21)31-16)24-26(18)10-11-3-2-4-12(9-11)19(23)27/h2-9H,10H2,1H3,(H2,23,27)(H,24,25). The third kappa shape index (κ3) is 4.14. The molecule has 2 heterocycles. The van der Waals surface area contributed by atoms with E-state index in [1.807, 2.05) is 0 Å². The van der Waals surface area contributed by atoms with Crippen LogP contribution in [-0.4, -0.2) is 31.2 Å². The molecule has 2 aromatic carbocycles. The monoisotopic (exact) mass is 494 g/mol. The maximum Gasteiger partial charge on any atom is 0.272 e. The summed E-state index contributed by atoms with van der Waals surface area (Å²) in [6, 6.07) is 11.9. The Morgan fingerprint density at radius 2 is 2.06 bits per heavy atom. The van der Waals surface area contributed by atoms with Gasteiger partial charge < -0.3 is 10.5 Å². The molecule has 0 bridgehead atoms. The Hall–Kier alpha value is -3.15. The Balaban J connectivity index is 1.84. The molecule has 3 N–H and O–H groups in total. The highest BCUT2D eigenvalue weighted by Crippen LogP contribution is 2.36. The maximum atomic E-state index is 14.9. The van der Waals surface area contributed by atoms with Crippen LogP contribution in [0, 0.1) is 5.82 Å². The number of benzene rings is 2. The molecular weight excluding hydrogens is 479 g/mol. The first-order chi connectivity index (χ1) is 15.2. The number of rotatable bonds is 7. The summed E-state index contributed by atoms with van der Waals surface area (Å²) in [7, 11) is -2.64. The molecule has 0 saturated carbocycles. The fraction of sp³-hybridized carbons (Fsp3) is 0.100. The van der Waals surface area contributed by atoms with Gasteiger partial charge in [0.2, 0.25) is 5.91 Å². The van der Waals surface area contributed by atoms with Crippen LogP contribution < -0.4 is 15.2 Å². The van der Waals surface area contributed by atoms with Crippen molar-refractivity contribution in [3.05, 3.63) is 69.8 Å². The molecule has 0 fully saturated rings. The van der Waals surface area contributed by atoms with Crippen molar-refractivity contribution >= 4 is 55.6 Å². The minimum atomic E-state index is -4.03. The van der Waals surface area contributed by atoms with E-state index in [4.69, 9.17) is 22.1 Å². The summed E-state index contributed by atoms with van der Waals surface area (Å²) in [5, 5.41) is 4.47. The molecule has 8 nitrogen and oxygen atoms in total. The van der Waals surface area contributed by atoms with Crippen LogP contribution in [0.5, 0.6) is 5.75 Å². The zero-order valence-corrected chi connectivity index (χ0v) is 18.9. The van der Waals surface area contributed by atoms with Crippen LogP contribution in [0.25, 0.3) is 10.9 Å². The third-order valence-corrected chi connectivity index (χ3v) is 7.68. The lowest BCUT2D eigenvalue weighted by molar-refractivity contribution is 0.1000. The van der Waals surface area contributed by atoms with Crippen molar-refractivity contribution in [2.75, 3.05) is 11.8 Å². The molecular formula is C20H16ClFN4O4S2. The number of nitrogens with zero attached hydrogens (tertiary/aromatic N) is 2. The lowest BCUT2D eigenvalue weighted by atomic mass is 10.1. The van der Waals surface area contributed by atoms with Gasteiger partial charge in [0.25, 0.3) is 10.0 Å². The highest BCUT2D eigenvalue weighted by Gasteiger charge is 2.24. The number of primary amides is 1. The van der Waals surface area contributed by atoms with Crippen LogP contribution in [0.15, 0.2) is 52.7 Å². The third-order valence-electron chi connectivity index (χ3n) is 4.61. The zero-order chi connectivity index (χ0) is 23.0. The first-order valence-electron chi connectivity index (χ1n) is 9.09. The largest absolute Gasteiger partial charge is 0.496 e. The highest BCUT2D eigenvalue weighted by atomic mass is 35.5. The lowest BCUT2D eigenvalue weighted by Gasteiger charge is -2.07. The molecule has 0 spiro atoms. The zero-order valence-electron chi connectivity index (χ0n) is 16.5. The normalized spacial score (nSPS) is 11.6. The minimum Gasteiger partial charge on any atom is -0.496 e. The molecule has 0 saturated heterocycles. The Bertz CT molecular complexity index is 1450. The van der Waals surface area contributed by atoms with Crippen molar-refractivity contribution in [1.29, 1.82) is 0 Å². The van der Waals surface area contributed by atoms with E-state index < -0.39 is 21.7 Å². The number of methoxy groups -OCH3 is 1. The fourth-order valence-electron chi connectivity index (χ4n) is 3.22. The van der Waals surface area contributed by atoms with Crippen molar-refractivity contribution in [1.82, 2.24) is 9.78 Å². The van der Waals surface area contributed by atoms with Crippen LogP contribution in [0.3, 0.4) is 0 Å². The van der Waals surface area contributed by atoms with Gasteiger partial charge in [-0.05, 0) is 42.0 Å². The number of nitrogens with one attached hydrogen (secondary N) is 1. The van der Waals surface area contributed by atoms with Crippen LogP contribution in [0.4, 0.5) is 10.2 Å². The molecule has 4 aromatic rings. The molecule has 1 amide bonds. The second kappa shape index (κ2) is 8.41. The van der Waals surface area contributed by atoms with E-state index in [9.17, 15) is 17.6 Å². The summed E-state index contributed by atoms with van der Waals surface area (Å²) in [6.07, 6.45) is 0. The Labute approximate surface area is 191 Å². The summed E-state index contributed by atoms with van der Waals surface area (Å²) in [5.41, 5.74) is 6.28. The van der Waals surface area contributed by atoms with Crippen molar-refractivity contribution < 1.29 is 22.3 Å². The number of carbonyl (C=O) groups excluding carboxylic acids is 1.